The van der Waals surface area contributed by atoms with Crippen molar-refractivity contribution in [2.24, 2.45) is 11.8 Å². The van der Waals surface area contributed by atoms with Crippen molar-refractivity contribution in [2.45, 2.75) is 44.6 Å². The lowest BCUT2D eigenvalue weighted by atomic mass is 9.84. The first-order chi connectivity index (χ1) is 7.81. The van der Waals surface area contributed by atoms with E-state index in [0.717, 1.165) is 25.7 Å². The number of aliphatic hydroxyl groups is 1. The van der Waals surface area contributed by atoms with Crippen LogP contribution in [0.25, 0.3) is 0 Å². The zero-order valence-electron chi connectivity index (χ0n) is 9.69. The summed E-state index contributed by atoms with van der Waals surface area (Å²) in [5.41, 5.74) is 0. The predicted octanol–water partition coefficient (Wildman–Crippen LogP) is 1.62. The van der Waals surface area contributed by atoms with Crippen molar-refractivity contribution in [3.05, 3.63) is 12.2 Å². The average molecular weight is 223 g/mol. The Morgan fingerprint density at radius 1 is 1.25 bits per heavy atom. The summed E-state index contributed by atoms with van der Waals surface area (Å²) in [5.74, 6) is 0.587. The van der Waals surface area contributed by atoms with E-state index in [0.29, 0.717) is 0 Å². The molecule has 2 atom stereocenters. The van der Waals surface area contributed by atoms with Crippen molar-refractivity contribution in [2.75, 3.05) is 6.61 Å². The lowest BCUT2D eigenvalue weighted by Crippen LogP contribution is -2.45. The third kappa shape index (κ3) is 2.64. The van der Waals surface area contributed by atoms with Crippen LogP contribution in [-0.2, 0) is 4.79 Å². The molecule has 2 N–H and O–H groups in total. The molecular formula is C13H21NO2. The van der Waals surface area contributed by atoms with Crippen LogP contribution in [0.1, 0.15) is 38.5 Å². The number of carbonyl (C=O) groups excluding carboxylic acids is 1. The van der Waals surface area contributed by atoms with Crippen molar-refractivity contribution >= 4 is 5.91 Å². The first-order valence-electron chi connectivity index (χ1n) is 6.37. The minimum absolute atomic E-state index is 0.140. The fraction of sp³-hybridized carbons (Fsp3) is 0.769. The Kier molecular flexibility index (Phi) is 3.99. The summed E-state index contributed by atoms with van der Waals surface area (Å²) in [7, 11) is 0. The molecular weight excluding hydrogens is 202 g/mol. The summed E-state index contributed by atoms with van der Waals surface area (Å²) < 4.78 is 0. The number of amides is 1. The normalized spacial score (nSPS) is 30.6. The molecule has 16 heavy (non-hydrogen) atoms. The molecule has 1 saturated carbocycles. The van der Waals surface area contributed by atoms with Crippen molar-refractivity contribution in [3.63, 3.8) is 0 Å². The minimum Gasteiger partial charge on any atom is -0.396 e. The third-order valence-electron chi connectivity index (χ3n) is 3.85. The summed E-state index contributed by atoms with van der Waals surface area (Å²) in [5, 5.41) is 12.4. The molecule has 2 aliphatic carbocycles. The number of nitrogens with one attached hydrogen (secondary N) is 1. The van der Waals surface area contributed by atoms with Gasteiger partial charge < -0.3 is 10.4 Å². The standard InChI is InChI=1S/C13H21NO2/c15-9-11-7-3-4-8-12(11)14-13(16)10-5-1-2-6-10/h1-2,10-12,15H,3-9H2,(H,14,16). The monoisotopic (exact) mass is 223 g/mol. The van der Waals surface area contributed by atoms with Gasteiger partial charge in [-0.15, -0.1) is 0 Å². The highest BCUT2D eigenvalue weighted by Gasteiger charge is 2.28. The summed E-state index contributed by atoms with van der Waals surface area (Å²) >= 11 is 0. The summed E-state index contributed by atoms with van der Waals surface area (Å²) in [6.45, 7) is 0.202. The van der Waals surface area contributed by atoms with Crippen LogP contribution < -0.4 is 5.32 Å². The first kappa shape index (κ1) is 11.6. The van der Waals surface area contributed by atoms with E-state index in [4.69, 9.17) is 0 Å². The number of carbonyl (C=O) groups is 1. The molecule has 0 spiro atoms. The Balaban J connectivity index is 1.84. The fourth-order valence-electron chi connectivity index (χ4n) is 2.75. The van der Waals surface area contributed by atoms with Crippen LogP contribution in [0.15, 0.2) is 12.2 Å². The van der Waals surface area contributed by atoms with Gasteiger partial charge in [-0.05, 0) is 25.7 Å². The van der Waals surface area contributed by atoms with Gasteiger partial charge >= 0.3 is 0 Å². The fourth-order valence-corrected chi connectivity index (χ4v) is 2.75. The molecule has 2 aliphatic rings. The molecule has 0 radical (unpaired) electrons. The summed E-state index contributed by atoms with van der Waals surface area (Å²) in [4.78, 5) is 11.9. The zero-order valence-corrected chi connectivity index (χ0v) is 9.69. The maximum Gasteiger partial charge on any atom is 0.223 e. The Hall–Kier alpha value is -0.830. The molecule has 0 aliphatic heterocycles. The lowest BCUT2D eigenvalue weighted by Gasteiger charge is -2.31. The van der Waals surface area contributed by atoms with Gasteiger partial charge in [-0.2, -0.15) is 0 Å². The van der Waals surface area contributed by atoms with Gasteiger partial charge in [0.25, 0.3) is 0 Å². The molecule has 0 bridgehead atoms. The molecule has 0 aromatic rings. The Labute approximate surface area is 96.9 Å². The third-order valence-corrected chi connectivity index (χ3v) is 3.85. The van der Waals surface area contributed by atoms with E-state index in [1.54, 1.807) is 0 Å². The smallest absolute Gasteiger partial charge is 0.223 e. The second kappa shape index (κ2) is 5.48. The van der Waals surface area contributed by atoms with E-state index in [-0.39, 0.29) is 30.4 Å². The van der Waals surface area contributed by atoms with E-state index in [1.165, 1.54) is 12.8 Å². The van der Waals surface area contributed by atoms with Crippen molar-refractivity contribution < 1.29 is 9.90 Å². The second-order valence-electron chi connectivity index (χ2n) is 4.98. The molecule has 2 rings (SSSR count). The molecule has 90 valence electrons. The highest BCUT2D eigenvalue weighted by atomic mass is 16.3. The van der Waals surface area contributed by atoms with E-state index in [9.17, 15) is 9.90 Å². The molecule has 3 heteroatoms. The van der Waals surface area contributed by atoms with Crippen LogP contribution in [-0.4, -0.2) is 23.7 Å². The maximum absolute atomic E-state index is 11.9. The van der Waals surface area contributed by atoms with E-state index in [2.05, 4.69) is 17.5 Å². The number of hydrogen-bond donors (Lipinski definition) is 2. The largest absolute Gasteiger partial charge is 0.396 e. The molecule has 0 aromatic heterocycles. The van der Waals surface area contributed by atoms with E-state index >= 15 is 0 Å². The maximum atomic E-state index is 11.9. The molecule has 0 saturated heterocycles. The van der Waals surface area contributed by atoms with Gasteiger partial charge in [-0.25, -0.2) is 0 Å². The highest BCUT2D eigenvalue weighted by Crippen LogP contribution is 2.25. The van der Waals surface area contributed by atoms with Crippen molar-refractivity contribution in [3.8, 4) is 0 Å². The van der Waals surface area contributed by atoms with Crippen LogP contribution in [0.3, 0.4) is 0 Å². The van der Waals surface area contributed by atoms with Gasteiger partial charge in [0.1, 0.15) is 0 Å². The van der Waals surface area contributed by atoms with Crippen molar-refractivity contribution in [1.29, 1.82) is 0 Å². The van der Waals surface area contributed by atoms with Gasteiger partial charge in [0.2, 0.25) is 5.91 Å². The Morgan fingerprint density at radius 2 is 1.94 bits per heavy atom. The van der Waals surface area contributed by atoms with Gasteiger partial charge in [0, 0.05) is 24.5 Å². The topological polar surface area (TPSA) is 49.3 Å². The van der Waals surface area contributed by atoms with Crippen LogP contribution in [0.4, 0.5) is 0 Å². The predicted molar refractivity (Wildman–Crippen MR) is 62.8 cm³/mol. The average Bonchev–Trinajstić information content (AvgIpc) is 2.83. The molecule has 0 aromatic carbocycles. The van der Waals surface area contributed by atoms with Crippen molar-refractivity contribution in [1.82, 2.24) is 5.32 Å². The quantitative estimate of drug-likeness (QED) is 0.714. The van der Waals surface area contributed by atoms with Crippen LogP contribution >= 0.6 is 0 Å². The first-order valence-corrected chi connectivity index (χ1v) is 6.37. The Morgan fingerprint density at radius 3 is 2.62 bits per heavy atom. The van der Waals surface area contributed by atoms with Gasteiger partial charge in [-0.1, -0.05) is 25.0 Å². The SMILES string of the molecule is O=C(NC1CCCCC1CO)C1CC=CC1. The number of aliphatic hydroxyl groups excluding tert-OH is 1. The van der Waals surface area contributed by atoms with Crippen LogP contribution in [0.2, 0.25) is 0 Å². The van der Waals surface area contributed by atoms with E-state index in [1.807, 2.05) is 0 Å². The summed E-state index contributed by atoms with van der Waals surface area (Å²) in [6.07, 6.45) is 10.3. The zero-order chi connectivity index (χ0) is 11.4. The lowest BCUT2D eigenvalue weighted by molar-refractivity contribution is -0.126. The van der Waals surface area contributed by atoms with Gasteiger partial charge in [0.15, 0.2) is 0 Å². The highest BCUT2D eigenvalue weighted by molar-refractivity contribution is 5.79. The number of hydrogen-bond acceptors (Lipinski definition) is 2. The van der Waals surface area contributed by atoms with Crippen LogP contribution in [0, 0.1) is 11.8 Å². The van der Waals surface area contributed by atoms with Gasteiger partial charge in [0.05, 0.1) is 0 Å². The molecule has 3 nitrogen and oxygen atoms in total. The van der Waals surface area contributed by atoms with Crippen LogP contribution in [0.5, 0.6) is 0 Å². The summed E-state index contributed by atoms with van der Waals surface area (Å²) in [6, 6.07) is 0.201. The molecule has 1 fully saturated rings. The number of allylic oxidation sites excluding steroid dienone is 2. The molecule has 2 unspecified atom stereocenters. The minimum atomic E-state index is 0.140. The Bertz CT molecular complexity index is 267. The molecule has 0 heterocycles. The van der Waals surface area contributed by atoms with Gasteiger partial charge in [-0.3, -0.25) is 4.79 Å². The molecule has 1 amide bonds. The van der Waals surface area contributed by atoms with E-state index < -0.39 is 0 Å². The second-order valence-corrected chi connectivity index (χ2v) is 4.98. The number of rotatable bonds is 3.